The van der Waals surface area contributed by atoms with Crippen molar-refractivity contribution in [2.45, 2.75) is 26.3 Å². The molecular weight excluding hydrogens is 232 g/mol. The minimum Gasteiger partial charge on any atom is -0.345 e. The predicted molar refractivity (Wildman–Crippen MR) is 64.7 cm³/mol. The summed E-state index contributed by atoms with van der Waals surface area (Å²) in [6.45, 7) is 6.02. The molecule has 1 heterocycles. The molecule has 1 aromatic heterocycles. The van der Waals surface area contributed by atoms with Gasteiger partial charge in [-0.2, -0.15) is 0 Å². The van der Waals surface area contributed by atoms with Gasteiger partial charge in [-0.1, -0.05) is 11.6 Å². The molecule has 1 rings (SSSR count). The predicted octanol–water partition coefficient (Wildman–Crippen LogP) is 2.18. The van der Waals surface area contributed by atoms with Crippen LogP contribution in [0.2, 0.25) is 5.02 Å². The van der Waals surface area contributed by atoms with Gasteiger partial charge in [-0.15, -0.1) is 11.3 Å². The second-order valence-electron chi connectivity index (χ2n) is 4.10. The van der Waals surface area contributed by atoms with Crippen molar-refractivity contribution in [1.29, 1.82) is 0 Å². The molecule has 0 atom stereocenters. The number of rotatable bonds is 3. The van der Waals surface area contributed by atoms with Gasteiger partial charge in [0.15, 0.2) is 0 Å². The maximum Gasteiger partial charge on any atom is 0.263 e. The Labute approximate surface area is 98.6 Å². The lowest BCUT2D eigenvalue weighted by molar-refractivity contribution is 0.0920. The van der Waals surface area contributed by atoms with Crippen molar-refractivity contribution >= 4 is 28.8 Å². The third-order valence-corrected chi connectivity index (χ3v) is 3.76. The minimum atomic E-state index is -0.404. The lowest BCUT2D eigenvalue weighted by Crippen LogP contribution is -2.48. The zero-order valence-corrected chi connectivity index (χ0v) is 10.6. The molecule has 0 unspecified atom stereocenters. The fourth-order valence-electron chi connectivity index (χ4n) is 0.998. The monoisotopic (exact) mass is 246 g/mol. The van der Waals surface area contributed by atoms with Crippen LogP contribution >= 0.6 is 22.9 Å². The van der Waals surface area contributed by atoms with Gasteiger partial charge in [-0.05, 0) is 31.7 Å². The molecule has 1 amide bonds. The molecule has 1 aromatic rings. The summed E-state index contributed by atoms with van der Waals surface area (Å²) in [6, 6.07) is 0. The van der Waals surface area contributed by atoms with Crippen molar-refractivity contribution in [3.63, 3.8) is 0 Å². The Morgan fingerprint density at radius 3 is 2.67 bits per heavy atom. The van der Waals surface area contributed by atoms with E-state index in [1.165, 1.54) is 11.3 Å². The third kappa shape index (κ3) is 2.93. The zero-order chi connectivity index (χ0) is 11.6. The van der Waals surface area contributed by atoms with Gasteiger partial charge in [0.05, 0.1) is 5.02 Å². The topological polar surface area (TPSA) is 55.1 Å². The van der Waals surface area contributed by atoms with E-state index in [0.717, 1.165) is 5.56 Å². The number of nitrogens with two attached hydrogens (primary N) is 1. The Morgan fingerprint density at radius 2 is 2.27 bits per heavy atom. The molecule has 0 spiro atoms. The van der Waals surface area contributed by atoms with Gasteiger partial charge < -0.3 is 11.1 Å². The van der Waals surface area contributed by atoms with Gasteiger partial charge >= 0.3 is 0 Å². The van der Waals surface area contributed by atoms with Crippen molar-refractivity contribution < 1.29 is 4.79 Å². The highest BCUT2D eigenvalue weighted by Gasteiger charge is 2.22. The molecule has 0 aromatic carbocycles. The molecule has 0 aliphatic heterocycles. The summed E-state index contributed by atoms with van der Waals surface area (Å²) in [5.74, 6) is -0.159. The van der Waals surface area contributed by atoms with Crippen LogP contribution in [0.25, 0.3) is 0 Å². The number of amides is 1. The van der Waals surface area contributed by atoms with Crippen LogP contribution in [-0.2, 0) is 0 Å². The van der Waals surface area contributed by atoms with Gasteiger partial charge in [0.25, 0.3) is 5.91 Å². The Balaban J connectivity index is 2.83. The number of halogens is 1. The van der Waals surface area contributed by atoms with Crippen molar-refractivity contribution in [2.75, 3.05) is 6.54 Å². The Morgan fingerprint density at radius 1 is 1.67 bits per heavy atom. The fourth-order valence-corrected chi connectivity index (χ4v) is 2.17. The number of carbonyl (C=O) groups excluding carboxylic acids is 1. The number of thiophene rings is 1. The Hall–Kier alpha value is -0.580. The number of hydrogen-bond donors (Lipinski definition) is 2. The van der Waals surface area contributed by atoms with Crippen LogP contribution in [0, 0.1) is 6.92 Å². The van der Waals surface area contributed by atoms with E-state index in [2.05, 4.69) is 5.32 Å². The standard InChI is InChI=1S/C10H15ClN2OS/c1-6-4-15-8(7(6)11)9(14)13-10(2,3)5-12/h4H,5,12H2,1-3H3,(H,13,14). The Kier molecular flexibility index (Phi) is 3.76. The lowest BCUT2D eigenvalue weighted by atomic mass is 10.1. The first-order chi connectivity index (χ1) is 6.87. The molecule has 3 nitrogen and oxygen atoms in total. The highest BCUT2D eigenvalue weighted by molar-refractivity contribution is 7.13. The van der Waals surface area contributed by atoms with Crippen LogP contribution in [0.5, 0.6) is 0 Å². The van der Waals surface area contributed by atoms with Gasteiger partial charge in [-0.3, -0.25) is 4.79 Å². The van der Waals surface area contributed by atoms with Gasteiger partial charge in [0, 0.05) is 12.1 Å². The van der Waals surface area contributed by atoms with Crippen molar-refractivity contribution in [2.24, 2.45) is 5.73 Å². The molecule has 0 aliphatic rings. The van der Waals surface area contributed by atoms with Gasteiger partial charge in [0.2, 0.25) is 0 Å². The van der Waals surface area contributed by atoms with E-state index < -0.39 is 5.54 Å². The first-order valence-corrected chi connectivity index (χ1v) is 5.89. The van der Waals surface area contributed by atoms with E-state index in [1.54, 1.807) is 0 Å². The van der Waals surface area contributed by atoms with Gasteiger partial charge in [-0.25, -0.2) is 0 Å². The molecule has 0 aliphatic carbocycles. The number of carbonyl (C=O) groups is 1. The summed E-state index contributed by atoms with van der Waals surface area (Å²) < 4.78 is 0. The Bertz CT molecular complexity index is 373. The fraction of sp³-hybridized carbons (Fsp3) is 0.500. The van der Waals surface area contributed by atoms with Crippen LogP contribution in [0.4, 0.5) is 0 Å². The van der Waals surface area contributed by atoms with E-state index in [1.807, 2.05) is 26.2 Å². The van der Waals surface area contributed by atoms with Crippen LogP contribution in [0.1, 0.15) is 29.1 Å². The lowest BCUT2D eigenvalue weighted by Gasteiger charge is -2.23. The summed E-state index contributed by atoms with van der Waals surface area (Å²) in [6.07, 6.45) is 0. The van der Waals surface area contributed by atoms with Crippen molar-refractivity contribution in [3.05, 3.63) is 20.8 Å². The molecular formula is C10H15ClN2OS. The molecule has 0 bridgehead atoms. The van der Waals surface area contributed by atoms with Crippen molar-refractivity contribution in [3.8, 4) is 0 Å². The zero-order valence-electron chi connectivity index (χ0n) is 9.06. The first kappa shape index (κ1) is 12.5. The smallest absolute Gasteiger partial charge is 0.263 e. The van der Waals surface area contributed by atoms with E-state index in [9.17, 15) is 4.79 Å². The highest BCUT2D eigenvalue weighted by atomic mass is 35.5. The summed E-state index contributed by atoms with van der Waals surface area (Å²) in [5.41, 5.74) is 6.06. The number of nitrogens with one attached hydrogen (secondary N) is 1. The molecule has 0 fully saturated rings. The second kappa shape index (κ2) is 4.51. The molecule has 0 saturated heterocycles. The molecule has 0 radical (unpaired) electrons. The summed E-state index contributed by atoms with van der Waals surface area (Å²) in [7, 11) is 0. The maximum atomic E-state index is 11.8. The first-order valence-electron chi connectivity index (χ1n) is 4.63. The highest BCUT2D eigenvalue weighted by Crippen LogP contribution is 2.27. The maximum absolute atomic E-state index is 11.8. The van der Waals surface area contributed by atoms with E-state index in [4.69, 9.17) is 17.3 Å². The van der Waals surface area contributed by atoms with Crippen LogP contribution < -0.4 is 11.1 Å². The third-order valence-electron chi connectivity index (χ3n) is 2.07. The average Bonchev–Trinajstić information content (AvgIpc) is 2.47. The molecule has 0 saturated carbocycles. The SMILES string of the molecule is Cc1csc(C(=O)NC(C)(C)CN)c1Cl. The number of hydrogen-bond acceptors (Lipinski definition) is 3. The largest absolute Gasteiger partial charge is 0.345 e. The van der Waals surface area contributed by atoms with Crippen LogP contribution in [0.3, 0.4) is 0 Å². The summed E-state index contributed by atoms with van der Waals surface area (Å²) >= 11 is 7.34. The molecule has 5 heteroatoms. The molecule has 3 N–H and O–H groups in total. The molecule has 84 valence electrons. The normalized spacial score (nSPS) is 11.5. The van der Waals surface area contributed by atoms with Crippen molar-refractivity contribution in [1.82, 2.24) is 5.32 Å². The second-order valence-corrected chi connectivity index (χ2v) is 5.36. The van der Waals surface area contributed by atoms with E-state index in [0.29, 0.717) is 16.4 Å². The minimum absolute atomic E-state index is 0.159. The van der Waals surface area contributed by atoms with Gasteiger partial charge in [0.1, 0.15) is 4.88 Å². The van der Waals surface area contributed by atoms with E-state index in [-0.39, 0.29) is 5.91 Å². The summed E-state index contributed by atoms with van der Waals surface area (Å²) in [4.78, 5) is 12.4. The van der Waals surface area contributed by atoms with E-state index >= 15 is 0 Å². The van der Waals surface area contributed by atoms with Crippen LogP contribution in [0.15, 0.2) is 5.38 Å². The summed E-state index contributed by atoms with van der Waals surface area (Å²) in [5, 5.41) is 5.24. The number of aryl methyl sites for hydroxylation is 1. The van der Waals surface area contributed by atoms with Crippen LogP contribution in [-0.4, -0.2) is 18.0 Å². The average molecular weight is 247 g/mol. The quantitative estimate of drug-likeness (QED) is 0.859. The molecule has 15 heavy (non-hydrogen) atoms.